The zero-order chi connectivity index (χ0) is 18.4. The van der Waals surface area contributed by atoms with Crippen molar-refractivity contribution in [3.05, 3.63) is 48.0 Å². The van der Waals surface area contributed by atoms with Crippen LogP contribution in [0.15, 0.2) is 36.9 Å². The highest BCUT2D eigenvalue weighted by molar-refractivity contribution is 5.73. The van der Waals surface area contributed by atoms with E-state index < -0.39 is 11.7 Å². The highest BCUT2D eigenvalue weighted by Gasteiger charge is 2.30. The Bertz CT molecular complexity index is 603. The predicted molar refractivity (Wildman–Crippen MR) is 91.1 cm³/mol. The normalized spacial score (nSPS) is 18.2. The topological polar surface area (TPSA) is 35.6 Å². The van der Waals surface area contributed by atoms with Gasteiger partial charge in [-0.2, -0.15) is 13.2 Å². The summed E-state index contributed by atoms with van der Waals surface area (Å²) in [5.41, 5.74) is -0.252. The lowest BCUT2D eigenvalue weighted by molar-refractivity contribution is -0.137. The number of benzene rings is 1. The van der Waals surface area contributed by atoms with Gasteiger partial charge in [0.05, 0.1) is 5.56 Å². The van der Waals surface area contributed by atoms with Gasteiger partial charge in [-0.15, -0.1) is 6.58 Å². The van der Waals surface area contributed by atoms with E-state index in [1.54, 1.807) is 13.1 Å². The molecule has 1 aliphatic heterocycles. The predicted octanol–water partition coefficient (Wildman–Crippen LogP) is 3.35. The van der Waals surface area contributed by atoms with Crippen LogP contribution < -0.4 is 5.32 Å². The molecule has 1 aromatic rings. The van der Waals surface area contributed by atoms with Crippen LogP contribution in [-0.4, -0.2) is 49.1 Å². The Morgan fingerprint density at radius 1 is 1.48 bits per heavy atom. The van der Waals surface area contributed by atoms with Crippen molar-refractivity contribution in [2.75, 3.05) is 33.2 Å². The zero-order valence-electron chi connectivity index (χ0n) is 14.4. The summed E-state index contributed by atoms with van der Waals surface area (Å²) < 4.78 is 38.2. The molecule has 138 valence electrons. The van der Waals surface area contributed by atoms with Gasteiger partial charge in [0.2, 0.25) is 0 Å². The van der Waals surface area contributed by atoms with E-state index in [0.717, 1.165) is 38.2 Å². The van der Waals surface area contributed by atoms with Crippen LogP contribution in [0, 0.1) is 5.92 Å². The molecule has 25 heavy (non-hydrogen) atoms. The fraction of sp³-hybridized carbons (Fsp3) is 0.500. The van der Waals surface area contributed by atoms with Gasteiger partial charge in [0.15, 0.2) is 0 Å². The lowest BCUT2D eigenvalue weighted by Gasteiger charge is -2.20. The Morgan fingerprint density at radius 2 is 2.24 bits per heavy atom. The van der Waals surface area contributed by atoms with E-state index >= 15 is 0 Å². The number of alkyl halides is 3. The minimum Gasteiger partial charge on any atom is -0.338 e. The van der Waals surface area contributed by atoms with E-state index in [1.165, 1.54) is 11.0 Å². The summed E-state index contributed by atoms with van der Waals surface area (Å²) in [5, 5.41) is 2.86. The van der Waals surface area contributed by atoms with Gasteiger partial charge in [0.25, 0.3) is 0 Å². The van der Waals surface area contributed by atoms with Crippen molar-refractivity contribution in [1.82, 2.24) is 15.1 Å². The van der Waals surface area contributed by atoms with Gasteiger partial charge < -0.3 is 10.2 Å². The molecule has 0 saturated carbocycles. The average Bonchev–Trinajstić information content (AvgIpc) is 3.00. The number of nitrogens with zero attached hydrogens (tertiary/aromatic N) is 2. The molecule has 7 heteroatoms. The molecule has 1 aliphatic rings. The molecule has 0 spiro atoms. The number of carbonyl (C=O) groups is 1. The fourth-order valence-corrected chi connectivity index (χ4v) is 2.99. The van der Waals surface area contributed by atoms with Crippen molar-refractivity contribution in [2.45, 2.75) is 19.1 Å². The molecule has 0 bridgehead atoms. The molecule has 1 saturated heterocycles. The number of nitrogens with one attached hydrogen (secondary N) is 1. The van der Waals surface area contributed by atoms with Crippen LogP contribution >= 0.6 is 0 Å². The maximum Gasteiger partial charge on any atom is 0.416 e. The highest BCUT2D eigenvalue weighted by atomic mass is 19.4. The Labute approximate surface area is 146 Å². The number of likely N-dealkylation sites (tertiary alicyclic amines) is 1. The van der Waals surface area contributed by atoms with Crippen molar-refractivity contribution < 1.29 is 18.0 Å². The minimum atomic E-state index is -4.38. The highest BCUT2D eigenvalue weighted by Crippen LogP contribution is 2.29. The Balaban J connectivity index is 1.82. The molecule has 2 amide bonds. The first kappa shape index (κ1) is 19.3. The smallest absolute Gasteiger partial charge is 0.338 e. The summed E-state index contributed by atoms with van der Waals surface area (Å²) in [6, 6.07) is 4.77. The summed E-state index contributed by atoms with van der Waals surface area (Å²) in [4.78, 5) is 15.8. The molecule has 0 radical (unpaired) electrons. The number of amides is 2. The van der Waals surface area contributed by atoms with Gasteiger partial charge in [-0.25, -0.2) is 4.79 Å². The molecular weight excluding hydrogens is 331 g/mol. The van der Waals surface area contributed by atoms with E-state index in [1.807, 2.05) is 6.08 Å². The summed E-state index contributed by atoms with van der Waals surface area (Å²) >= 11 is 0. The van der Waals surface area contributed by atoms with E-state index in [0.29, 0.717) is 18.0 Å². The summed E-state index contributed by atoms with van der Waals surface area (Å²) in [6.45, 7) is 7.18. The monoisotopic (exact) mass is 355 g/mol. The first-order valence-corrected chi connectivity index (χ1v) is 8.28. The third kappa shape index (κ3) is 5.77. The lowest BCUT2D eigenvalue weighted by atomic mass is 10.1. The number of urea groups is 1. The molecule has 0 aliphatic carbocycles. The maximum absolute atomic E-state index is 12.7. The molecule has 2 rings (SSSR count). The van der Waals surface area contributed by atoms with Gasteiger partial charge in [0.1, 0.15) is 0 Å². The number of hydrogen-bond donors (Lipinski definition) is 1. The average molecular weight is 355 g/mol. The quantitative estimate of drug-likeness (QED) is 0.795. The second-order valence-corrected chi connectivity index (χ2v) is 6.44. The van der Waals surface area contributed by atoms with Crippen molar-refractivity contribution in [2.24, 2.45) is 5.92 Å². The molecule has 1 N–H and O–H groups in total. The van der Waals surface area contributed by atoms with Crippen LogP contribution in [0.3, 0.4) is 0 Å². The number of halogens is 3. The van der Waals surface area contributed by atoms with Crippen molar-refractivity contribution in [3.63, 3.8) is 0 Å². The van der Waals surface area contributed by atoms with Gasteiger partial charge >= 0.3 is 12.2 Å². The van der Waals surface area contributed by atoms with Crippen molar-refractivity contribution in [1.29, 1.82) is 0 Å². The molecule has 4 nitrogen and oxygen atoms in total. The summed E-state index contributed by atoms with van der Waals surface area (Å²) in [6.07, 6.45) is -1.49. The Kier molecular flexibility index (Phi) is 6.47. The van der Waals surface area contributed by atoms with Crippen LogP contribution in [-0.2, 0) is 12.7 Å². The van der Waals surface area contributed by atoms with E-state index in [-0.39, 0.29) is 12.6 Å². The van der Waals surface area contributed by atoms with Crippen LogP contribution in [0.2, 0.25) is 0 Å². The molecular formula is C18H24F3N3O. The third-order valence-electron chi connectivity index (χ3n) is 4.32. The van der Waals surface area contributed by atoms with Gasteiger partial charge in [-0.05, 0) is 36.6 Å². The van der Waals surface area contributed by atoms with Crippen LogP contribution in [0.1, 0.15) is 17.5 Å². The van der Waals surface area contributed by atoms with E-state index in [9.17, 15) is 18.0 Å². The van der Waals surface area contributed by atoms with Gasteiger partial charge in [-0.3, -0.25) is 4.90 Å². The largest absolute Gasteiger partial charge is 0.416 e. The van der Waals surface area contributed by atoms with E-state index in [4.69, 9.17) is 0 Å². The third-order valence-corrected chi connectivity index (χ3v) is 4.32. The molecule has 1 heterocycles. The maximum atomic E-state index is 12.7. The van der Waals surface area contributed by atoms with Crippen molar-refractivity contribution in [3.8, 4) is 0 Å². The van der Waals surface area contributed by atoms with Crippen molar-refractivity contribution >= 4 is 6.03 Å². The van der Waals surface area contributed by atoms with E-state index in [2.05, 4.69) is 16.8 Å². The van der Waals surface area contributed by atoms with Crippen LogP contribution in [0.25, 0.3) is 0 Å². The lowest BCUT2D eigenvalue weighted by Crippen LogP contribution is -2.39. The molecule has 1 atom stereocenters. The fourth-order valence-electron chi connectivity index (χ4n) is 2.99. The SMILES string of the molecule is C=CCN1CC[C@@H](CNC(=O)N(C)Cc2cccc(C(F)(F)F)c2)C1. The standard InChI is InChI=1S/C18H24F3N3O/c1-3-8-24-9-7-15(13-24)11-22-17(25)23(2)12-14-5-4-6-16(10-14)18(19,20)21/h3-6,10,15H,1,7-9,11-13H2,2H3,(H,22,25)/t15-/m0/s1. The summed E-state index contributed by atoms with van der Waals surface area (Å²) in [5.74, 6) is 0.394. The first-order valence-electron chi connectivity index (χ1n) is 8.28. The number of carbonyl (C=O) groups excluding carboxylic acids is 1. The Hall–Kier alpha value is -2.02. The minimum absolute atomic E-state index is 0.128. The number of rotatable bonds is 6. The molecule has 1 fully saturated rings. The molecule has 0 unspecified atom stereocenters. The zero-order valence-corrected chi connectivity index (χ0v) is 14.4. The summed E-state index contributed by atoms with van der Waals surface area (Å²) in [7, 11) is 1.58. The second-order valence-electron chi connectivity index (χ2n) is 6.44. The number of hydrogen-bond acceptors (Lipinski definition) is 2. The van der Waals surface area contributed by atoms with Crippen LogP contribution in [0.4, 0.5) is 18.0 Å². The molecule has 1 aromatic carbocycles. The molecule has 0 aromatic heterocycles. The Morgan fingerprint density at radius 3 is 2.92 bits per heavy atom. The van der Waals surface area contributed by atoms with Crippen LogP contribution in [0.5, 0.6) is 0 Å². The second kappa shape index (κ2) is 8.38. The first-order chi connectivity index (χ1) is 11.8. The van der Waals surface area contributed by atoms with Gasteiger partial charge in [0, 0.05) is 33.2 Å². The van der Waals surface area contributed by atoms with Gasteiger partial charge in [-0.1, -0.05) is 18.2 Å².